The summed E-state index contributed by atoms with van der Waals surface area (Å²) in [5, 5.41) is 10.6. The molecule has 0 aliphatic carbocycles. The number of carbonyl (C=O) groups is 1. The Hall–Kier alpha value is -3.37. The number of nitrogens with zero attached hydrogens (tertiary/aromatic N) is 1. The summed E-state index contributed by atoms with van der Waals surface area (Å²) in [5.74, 6) is -0.205. The number of Topliss-reactive ketones (excluding diaryl/α,β-unsaturated/α-hetero) is 1. The maximum Gasteiger partial charge on any atom is 0.137 e. The van der Waals surface area contributed by atoms with E-state index >= 15 is 0 Å². The number of benzene rings is 3. The highest BCUT2D eigenvalue weighted by atomic mass is 19.1. The second-order valence-electron chi connectivity index (χ2n) is 8.07. The Labute approximate surface area is 187 Å². The largest absolute Gasteiger partial charge is 0.393 e. The minimum Gasteiger partial charge on any atom is -0.393 e. The smallest absolute Gasteiger partial charge is 0.137 e. The average Bonchev–Trinajstić information content (AvgIpc) is 2.82. The van der Waals surface area contributed by atoms with E-state index < -0.39 is 6.10 Å². The first-order valence-electron chi connectivity index (χ1n) is 11.0. The number of aliphatic hydroxyl groups excluding tert-OH is 1. The molecule has 0 aliphatic heterocycles. The molecule has 0 saturated carbocycles. The van der Waals surface area contributed by atoms with E-state index in [0.717, 1.165) is 27.6 Å². The molecular weight excluding hydrogens is 401 g/mol. The maximum atomic E-state index is 14.6. The molecule has 1 aromatic heterocycles. The van der Waals surface area contributed by atoms with E-state index in [1.165, 1.54) is 6.07 Å². The van der Waals surface area contributed by atoms with Crippen molar-refractivity contribution in [2.24, 2.45) is 0 Å². The molecular formula is C28H26FNO2. The number of rotatable bonds is 8. The maximum absolute atomic E-state index is 14.6. The topological polar surface area (TPSA) is 50.2 Å². The van der Waals surface area contributed by atoms with E-state index in [-0.39, 0.29) is 11.6 Å². The van der Waals surface area contributed by atoms with Crippen molar-refractivity contribution < 1.29 is 14.3 Å². The minimum atomic E-state index is -0.426. The van der Waals surface area contributed by atoms with E-state index in [4.69, 9.17) is 4.98 Å². The Morgan fingerprint density at radius 3 is 2.47 bits per heavy atom. The molecule has 0 aliphatic rings. The summed E-state index contributed by atoms with van der Waals surface area (Å²) in [6.45, 7) is 1.91. The van der Waals surface area contributed by atoms with Gasteiger partial charge in [0.2, 0.25) is 0 Å². The van der Waals surface area contributed by atoms with Gasteiger partial charge in [-0.15, -0.1) is 0 Å². The Kier molecular flexibility index (Phi) is 6.72. The molecule has 162 valence electrons. The first kappa shape index (κ1) is 21.8. The summed E-state index contributed by atoms with van der Waals surface area (Å²) in [4.78, 5) is 17.2. The number of fused-ring (bicyclic) bond motifs is 1. The average molecular weight is 428 g/mol. The van der Waals surface area contributed by atoms with Gasteiger partial charge in [-0.25, -0.2) is 9.37 Å². The van der Waals surface area contributed by atoms with Crippen LogP contribution in [0.3, 0.4) is 0 Å². The normalized spacial score (nSPS) is 12.1. The van der Waals surface area contributed by atoms with Crippen molar-refractivity contribution >= 4 is 16.7 Å². The van der Waals surface area contributed by atoms with Gasteiger partial charge >= 0.3 is 0 Å². The number of carbonyl (C=O) groups excluding carboxylic acids is 1. The highest BCUT2D eigenvalue weighted by Gasteiger charge is 2.15. The molecule has 4 heteroatoms. The molecule has 0 saturated heterocycles. The molecule has 32 heavy (non-hydrogen) atoms. The fourth-order valence-electron chi connectivity index (χ4n) is 3.88. The predicted octanol–water partition coefficient (Wildman–Crippen LogP) is 6.37. The molecule has 0 fully saturated rings. The molecule has 0 bridgehead atoms. The Bertz CT molecular complexity index is 1240. The number of hydrogen-bond donors (Lipinski definition) is 1. The molecule has 1 heterocycles. The lowest BCUT2D eigenvalue weighted by Crippen LogP contribution is -2.10. The number of aromatic nitrogens is 1. The van der Waals surface area contributed by atoms with Crippen LogP contribution in [0.1, 0.15) is 31.7 Å². The SMILES string of the molecule is CCC(O)CCC(=O)Cc1ccc2nc(-c3ccccc3F)c(-c3ccccc3)cc2c1. The molecule has 0 spiro atoms. The van der Waals surface area contributed by atoms with Crippen LogP contribution in [0.4, 0.5) is 4.39 Å². The Morgan fingerprint density at radius 1 is 0.969 bits per heavy atom. The fourth-order valence-corrected chi connectivity index (χ4v) is 3.88. The van der Waals surface area contributed by atoms with Crippen LogP contribution in [-0.2, 0) is 11.2 Å². The van der Waals surface area contributed by atoms with Gasteiger partial charge in [-0.1, -0.05) is 55.5 Å². The Morgan fingerprint density at radius 2 is 1.72 bits per heavy atom. The zero-order chi connectivity index (χ0) is 22.5. The minimum absolute atomic E-state index is 0.107. The van der Waals surface area contributed by atoms with Gasteiger partial charge in [-0.05, 0) is 54.3 Å². The molecule has 3 aromatic carbocycles. The van der Waals surface area contributed by atoms with Crippen molar-refractivity contribution in [2.45, 2.75) is 38.7 Å². The Balaban J connectivity index is 1.74. The van der Waals surface area contributed by atoms with Crippen LogP contribution in [0.25, 0.3) is 33.3 Å². The van der Waals surface area contributed by atoms with Crippen molar-refractivity contribution in [3.8, 4) is 22.4 Å². The number of aliphatic hydroxyl groups is 1. The quantitative estimate of drug-likeness (QED) is 0.355. The summed E-state index contributed by atoms with van der Waals surface area (Å²) in [6.07, 6.45) is 1.41. The highest BCUT2D eigenvalue weighted by molar-refractivity contribution is 5.92. The third-order valence-electron chi connectivity index (χ3n) is 5.72. The first-order chi connectivity index (χ1) is 15.5. The molecule has 3 nitrogen and oxygen atoms in total. The van der Waals surface area contributed by atoms with Crippen LogP contribution < -0.4 is 0 Å². The third-order valence-corrected chi connectivity index (χ3v) is 5.72. The van der Waals surface area contributed by atoms with Gasteiger partial charge in [0.05, 0.1) is 17.3 Å². The van der Waals surface area contributed by atoms with Crippen molar-refractivity contribution in [3.63, 3.8) is 0 Å². The van der Waals surface area contributed by atoms with E-state index in [0.29, 0.717) is 36.9 Å². The van der Waals surface area contributed by atoms with Crippen LogP contribution in [0, 0.1) is 5.82 Å². The number of hydrogen-bond acceptors (Lipinski definition) is 3. The lowest BCUT2D eigenvalue weighted by Gasteiger charge is -2.13. The van der Waals surface area contributed by atoms with E-state index in [1.54, 1.807) is 12.1 Å². The van der Waals surface area contributed by atoms with Crippen molar-refractivity contribution in [3.05, 3.63) is 90.2 Å². The molecule has 1 N–H and O–H groups in total. The van der Waals surface area contributed by atoms with Crippen molar-refractivity contribution in [1.29, 1.82) is 0 Å². The number of ketones is 1. The molecule has 4 rings (SSSR count). The molecule has 0 amide bonds. The van der Waals surface area contributed by atoms with Crippen LogP contribution in [0.2, 0.25) is 0 Å². The summed E-state index contributed by atoms with van der Waals surface area (Å²) >= 11 is 0. The monoisotopic (exact) mass is 427 g/mol. The van der Waals surface area contributed by atoms with E-state index in [1.807, 2.05) is 67.6 Å². The van der Waals surface area contributed by atoms with Gasteiger partial charge in [0.15, 0.2) is 0 Å². The summed E-state index contributed by atoms with van der Waals surface area (Å²) in [5.41, 5.74) is 4.52. The molecule has 1 atom stereocenters. The zero-order valence-electron chi connectivity index (χ0n) is 18.1. The second kappa shape index (κ2) is 9.84. The lowest BCUT2D eigenvalue weighted by atomic mass is 9.96. The second-order valence-corrected chi connectivity index (χ2v) is 8.07. The van der Waals surface area contributed by atoms with E-state index in [9.17, 15) is 14.3 Å². The summed E-state index contributed by atoms with van der Waals surface area (Å²) in [7, 11) is 0. The standard InChI is InChI=1S/C28H26FNO2/c1-2-22(31)13-14-23(32)17-19-12-15-27-21(16-19)18-25(20-8-4-3-5-9-20)28(30-27)24-10-6-7-11-26(24)29/h3-12,15-16,18,22,31H,2,13-14,17H2,1H3. The third kappa shape index (κ3) is 4.92. The van der Waals surface area contributed by atoms with Gasteiger partial charge in [-0.2, -0.15) is 0 Å². The van der Waals surface area contributed by atoms with Crippen LogP contribution in [0.15, 0.2) is 78.9 Å². The van der Waals surface area contributed by atoms with Crippen LogP contribution in [0.5, 0.6) is 0 Å². The van der Waals surface area contributed by atoms with Gasteiger partial charge in [0, 0.05) is 29.4 Å². The molecule has 4 aromatic rings. The number of halogens is 1. The molecule has 0 radical (unpaired) electrons. The van der Waals surface area contributed by atoms with Crippen molar-refractivity contribution in [1.82, 2.24) is 4.98 Å². The fraction of sp³-hybridized carbons (Fsp3) is 0.214. The van der Waals surface area contributed by atoms with Gasteiger partial charge in [0.25, 0.3) is 0 Å². The zero-order valence-corrected chi connectivity index (χ0v) is 18.1. The lowest BCUT2D eigenvalue weighted by molar-refractivity contribution is -0.119. The number of pyridine rings is 1. The van der Waals surface area contributed by atoms with Crippen molar-refractivity contribution in [2.75, 3.05) is 0 Å². The van der Waals surface area contributed by atoms with Gasteiger partial charge in [-0.3, -0.25) is 4.79 Å². The summed E-state index contributed by atoms with van der Waals surface area (Å²) < 4.78 is 14.6. The van der Waals surface area contributed by atoms with E-state index in [2.05, 4.69) is 0 Å². The predicted molar refractivity (Wildman–Crippen MR) is 127 cm³/mol. The van der Waals surface area contributed by atoms with Gasteiger partial charge in [0.1, 0.15) is 11.6 Å². The van der Waals surface area contributed by atoms with Crippen LogP contribution >= 0.6 is 0 Å². The molecule has 1 unspecified atom stereocenters. The first-order valence-corrected chi connectivity index (χ1v) is 11.0. The van der Waals surface area contributed by atoms with Gasteiger partial charge < -0.3 is 5.11 Å². The highest BCUT2D eigenvalue weighted by Crippen LogP contribution is 2.34. The summed E-state index contributed by atoms with van der Waals surface area (Å²) in [6, 6.07) is 24.3. The van der Waals surface area contributed by atoms with Crippen LogP contribution in [-0.4, -0.2) is 22.0 Å².